The molecule has 0 unspecified atom stereocenters. The van der Waals surface area contributed by atoms with Crippen LogP contribution < -0.4 is 0 Å². The van der Waals surface area contributed by atoms with Gasteiger partial charge in [0.05, 0.1) is 0 Å². The van der Waals surface area contributed by atoms with Gasteiger partial charge in [-0.05, 0) is 24.5 Å². The van der Waals surface area contributed by atoms with Crippen molar-refractivity contribution in [2.45, 2.75) is 13.1 Å². The molecule has 0 amide bonds. The Bertz CT molecular complexity index is 179. The summed E-state index contributed by atoms with van der Waals surface area (Å²) in [6.07, 6.45) is 0. The zero-order valence-electron chi connectivity index (χ0n) is 11.2. The lowest BCUT2D eigenvalue weighted by atomic mass is 11.3. The van der Waals surface area contributed by atoms with Crippen molar-refractivity contribution >= 4 is 17.1 Å². The highest BCUT2D eigenvalue weighted by Crippen LogP contribution is 2.03. The van der Waals surface area contributed by atoms with Gasteiger partial charge in [0.1, 0.15) is 0 Å². The minimum Gasteiger partial charge on any atom is -0.395 e. The third-order valence-electron chi connectivity index (χ3n) is 2.36. The fraction of sp³-hybridized carbons (Fsp3) is 0.600. The molecule has 0 aliphatic heterocycles. The van der Waals surface area contributed by atoms with Gasteiger partial charge in [-0.15, -0.1) is 13.2 Å². The van der Waals surface area contributed by atoms with E-state index in [1.54, 1.807) is 39.8 Å². The largest absolute Gasteiger partial charge is 0.395 e. The van der Waals surface area contributed by atoms with Gasteiger partial charge in [-0.1, -0.05) is 0 Å². The van der Waals surface area contributed by atoms with Crippen LogP contribution in [0, 0.1) is 0 Å². The molecule has 0 saturated heterocycles. The van der Waals surface area contributed by atoms with E-state index in [1.165, 1.54) is 0 Å². The molecule has 4 nitrogen and oxygen atoms in total. The molecule has 0 radical (unpaired) electrons. The number of hydrogen-bond acceptors (Lipinski definition) is 4. The first-order valence-corrected chi connectivity index (χ1v) is 9.63. The van der Waals surface area contributed by atoms with E-state index < -0.39 is 17.1 Å². The molecule has 0 spiro atoms. The van der Waals surface area contributed by atoms with Crippen molar-refractivity contribution < 1.29 is 17.7 Å². The van der Waals surface area contributed by atoms with E-state index in [1.807, 2.05) is 13.1 Å². The topological polar surface area (TPSA) is 36.9 Å². The van der Waals surface area contributed by atoms with Crippen LogP contribution in [0.4, 0.5) is 0 Å². The molecule has 0 aromatic carbocycles. The van der Waals surface area contributed by atoms with Crippen LogP contribution in [0.1, 0.15) is 0 Å². The lowest BCUT2D eigenvalue weighted by Crippen LogP contribution is -2.33. The monoisotopic (exact) mass is 264 g/mol. The molecule has 0 aliphatic rings. The fourth-order valence-electron chi connectivity index (χ4n) is 0.500. The van der Waals surface area contributed by atoms with Crippen LogP contribution in [0.2, 0.25) is 13.1 Å². The molecule has 0 aliphatic carbocycles. The average Bonchev–Trinajstić information content (AvgIpc) is 2.37. The van der Waals surface area contributed by atoms with Crippen LogP contribution in [0.5, 0.6) is 0 Å². The van der Waals surface area contributed by atoms with E-state index in [-0.39, 0.29) is 0 Å². The van der Waals surface area contributed by atoms with Crippen molar-refractivity contribution in [1.29, 1.82) is 0 Å². The smallest absolute Gasteiger partial charge is 0.360 e. The highest BCUT2D eigenvalue weighted by molar-refractivity contribution is 6.71. The molecule has 0 fully saturated rings. The molecule has 0 rings (SSSR count). The highest BCUT2D eigenvalue weighted by atomic mass is 28.4. The van der Waals surface area contributed by atoms with Gasteiger partial charge in [0.15, 0.2) is 0 Å². The Labute approximate surface area is 101 Å². The van der Waals surface area contributed by atoms with E-state index >= 15 is 0 Å². The molecular weight excluding hydrogens is 240 g/mol. The second-order valence-electron chi connectivity index (χ2n) is 3.26. The van der Waals surface area contributed by atoms with Gasteiger partial charge in [0.25, 0.3) is 0 Å². The van der Waals surface area contributed by atoms with Gasteiger partial charge in [0, 0.05) is 28.4 Å². The van der Waals surface area contributed by atoms with Gasteiger partial charge in [-0.3, -0.25) is 0 Å². The summed E-state index contributed by atoms with van der Waals surface area (Å²) < 4.78 is 20.1. The van der Waals surface area contributed by atoms with Crippen molar-refractivity contribution in [2.75, 3.05) is 28.4 Å². The van der Waals surface area contributed by atoms with Crippen molar-refractivity contribution in [2.24, 2.45) is 0 Å². The molecule has 0 aromatic rings. The maximum Gasteiger partial charge on any atom is 0.360 e. The second kappa shape index (κ2) is 8.85. The average molecular weight is 264 g/mol. The quantitative estimate of drug-likeness (QED) is 0.689. The predicted molar refractivity (Wildman–Crippen MR) is 71.7 cm³/mol. The molecule has 0 saturated carbocycles. The molecular formula is C10H24O4Si2. The molecule has 0 aromatic heterocycles. The Hall–Kier alpha value is -0.246. The molecule has 0 N–H and O–H groups in total. The third-order valence-corrected chi connectivity index (χ3v) is 7.09. The Morgan fingerprint density at radius 1 is 0.688 bits per heavy atom. The normalized spacial score (nSPS) is 11.4. The van der Waals surface area contributed by atoms with Crippen LogP contribution >= 0.6 is 0 Å². The summed E-state index contributed by atoms with van der Waals surface area (Å²) in [5.41, 5.74) is 3.49. The summed E-state index contributed by atoms with van der Waals surface area (Å²) in [7, 11) is 2.73. The highest BCUT2D eigenvalue weighted by Gasteiger charge is 2.23. The zero-order chi connectivity index (χ0) is 13.2. The fourth-order valence-corrected chi connectivity index (χ4v) is 1.50. The summed E-state index contributed by atoms with van der Waals surface area (Å²) in [5, 5.41) is 0. The zero-order valence-corrected chi connectivity index (χ0v) is 13.2. The van der Waals surface area contributed by atoms with Crippen LogP contribution in [0.3, 0.4) is 0 Å². The molecule has 0 bridgehead atoms. The summed E-state index contributed by atoms with van der Waals surface area (Å²) in [5.74, 6) is 0. The minimum absolute atomic E-state index is 1.64. The van der Waals surface area contributed by atoms with Crippen molar-refractivity contribution in [1.82, 2.24) is 0 Å². The number of hydrogen-bond donors (Lipinski definition) is 0. The summed E-state index contributed by atoms with van der Waals surface area (Å²) in [6.45, 7) is 11.0. The van der Waals surface area contributed by atoms with E-state index in [9.17, 15) is 0 Å². The minimum atomic E-state index is -1.91. The van der Waals surface area contributed by atoms with Crippen LogP contribution in [0.15, 0.2) is 24.6 Å². The molecule has 16 heavy (non-hydrogen) atoms. The van der Waals surface area contributed by atoms with E-state index in [0.717, 1.165) is 0 Å². The first kappa shape index (κ1) is 18.1. The first-order valence-electron chi connectivity index (χ1n) is 4.84. The van der Waals surface area contributed by atoms with Crippen molar-refractivity contribution in [3.63, 3.8) is 0 Å². The Kier molecular flexibility index (Phi) is 10.0. The lowest BCUT2D eigenvalue weighted by Gasteiger charge is -2.16. The number of rotatable bonds is 6. The van der Waals surface area contributed by atoms with Gasteiger partial charge < -0.3 is 17.7 Å². The van der Waals surface area contributed by atoms with Crippen molar-refractivity contribution in [3.8, 4) is 0 Å². The van der Waals surface area contributed by atoms with Crippen LogP contribution in [-0.2, 0) is 17.7 Å². The Morgan fingerprint density at radius 3 is 0.875 bits per heavy atom. The van der Waals surface area contributed by atoms with Gasteiger partial charge >= 0.3 is 17.1 Å². The summed E-state index contributed by atoms with van der Waals surface area (Å²) >= 11 is 0. The van der Waals surface area contributed by atoms with Crippen molar-refractivity contribution in [3.05, 3.63) is 24.6 Å². The van der Waals surface area contributed by atoms with E-state index in [0.29, 0.717) is 0 Å². The van der Waals surface area contributed by atoms with Gasteiger partial charge in [-0.25, -0.2) is 0 Å². The Morgan fingerprint density at radius 2 is 0.875 bits per heavy atom. The van der Waals surface area contributed by atoms with E-state index in [4.69, 9.17) is 17.7 Å². The van der Waals surface area contributed by atoms with E-state index in [2.05, 4.69) is 13.2 Å². The lowest BCUT2D eigenvalue weighted by molar-refractivity contribution is 0.263. The summed E-state index contributed by atoms with van der Waals surface area (Å²) in [6, 6.07) is 0. The maximum atomic E-state index is 5.03. The molecule has 6 heteroatoms. The van der Waals surface area contributed by atoms with Crippen LogP contribution in [-0.4, -0.2) is 45.6 Å². The molecule has 0 atom stereocenters. The van der Waals surface area contributed by atoms with Crippen LogP contribution in [0.25, 0.3) is 0 Å². The molecule has 0 heterocycles. The standard InChI is InChI=1S/2C5H12O2Si/c2*1-5-8(4,6-2)7-3/h2*5H,1H2,2-4H3. The maximum absolute atomic E-state index is 5.03. The molecule has 96 valence electrons. The van der Waals surface area contributed by atoms with Gasteiger partial charge in [-0.2, -0.15) is 0 Å². The summed E-state index contributed by atoms with van der Waals surface area (Å²) in [4.78, 5) is 0. The van der Waals surface area contributed by atoms with Gasteiger partial charge in [0.2, 0.25) is 0 Å². The predicted octanol–water partition coefficient (Wildman–Crippen LogP) is 2.15. The third kappa shape index (κ3) is 7.10. The Balaban J connectivity index is 0. The SMILES string of the molecule is C=C[Si](C)(OC)OC.C=C[Si](C)(OC)OC. The first-order chi connectivity index (χ1) is 7.36. The second-order valence-corrected chi connectivity index (χ2v) is 9.77.